The fraction of sp³-hybridized carbons (Fsp3) is 0.278. The Morgan fingerprint density at radius 3 is 2.74 bits per heavy atom. The van der Waals surface area contributed by atoms with E-state index in [0.29, 0.717) is 19.4 Å². The number of carbonyl (C=O) groups excluding carboxylic acids is 2. The van der Waals surface area contributed by atoms with Crippen LogP contribution in [-0.4, -0.2) is 23.8 Å². The van der Waals surface area contributed by atoms with Gasteiger partial charge < -0.3 is 10.2 Å². The largest absolute Gasteiger partial charge is 0.352 e. The summed E-state index contributed by atoms with van der Waals surface area (Å²) in [5.41, 5.74) is 4.08. The second-order valence-electron chi connectivity index (χ2n) is 5.72. The minimum absolute atomic E-state index is 0.0120. The summed E-state index contributed by atoms with van der Waals surface area (Å²) in [6.07, 6.45) is 5.04. The number of aryl methyl sites for hydroxylation is 1. The number of pyridine rings is 1. The molecule has 0 fully saturated rings. The summed E-state index contributed by atoms with van der Waals surface area (Å²) in [5, 5.41) is 2.91. The Morgan fingerprint density at radius 1 is 1.17 bits per heavy atom. The molecule has 0 bridgehead atoms. The van der Waals surface area contributed by atoms with Crippen molar-refractivity contribution in [3.05, 3.63) is 59.4 Å². The quantitative estimate of drug-likeness (QED) is 0.937. The predicted octanol–water partition coefficient (Wildman–Crippen LogP) is 1.85. The molecule has 2 heterocycles. The third-order valence-corrected chi connectivity index (χ3v) is 4.09. The first-order chi connectivity index (χ1) is 11.1. The van der Waals surface area contributed by atoms with Gasteiger partial charge in [0, 0.05) is 38.1 Å². The number of anilines is 1. The van der Waals surface area contributed by atoms with Gasteiger partial charge in [0.1, 0.15) is 0 Å². The van der Waals surface area contributed by atoms with Gasteiger partial charge >= 0.3 is 0 Å². The lowest BCUT2D eigenvalue weighted by molar-refractivity contribution is -0.120. The van der Waals surface area contributed by atoms with Crippen LogP contribution in [0.15, 0.2) is 42.7 Å². The van der Waals surface area contributed by atoms with Gasteiger partial charge in [-0.05, 0) is 41.3 Å². The minimum Gasteiger partial charge on any atom is -0.352 e. The Hall–Kier alpha value is -2.69. The highest BCUT2D eigenvalue weighted by molar-refractivity contribution is 5.96. The molecule has 0 unspecified atom stereocenters. The van der Waals surface area contributed by atoms with Crippen molar-refractivity contribution < 1.29 is 9.59 Å². The topological polar surface area (TPSA) is 62.3 Å². The zero-order valence-corrected chi connectivity index (χ0v) is 13.1. The first kappa shape index (κ1) is 15.2. The minimum atomic E-state index is -0.0120. The maximum absolute atomic E-state index is 12.1. The first-order valence-electron chi connectivity index (χ1n) is 7.67. The number of nitrogens with zero attached hydrogens (tertiary/aromatic N) is 2. The average molecular weight is 309 g/mol. The van der Waals surface area contributed by atoms with E-state index in [-0.39, 0.29) is 11.8 Å². The summed E-state index contributed by atoms with van der Waals surface area (Å²) >= 11 is 0. The van der Waals surface area contributed by atoms with E-state index in [2.05, 4.69) is 10.3 Å². The number of carbonyl (C=O) groups is 2. The highest BCUT2D eigenvalue weighted by atomic mass is 16.2. The number of benzene rings is 1. The molecule has 1 N–H and O–H groups in total. The third kappa shape index (κ3) is 3.56. The maximum atomic E-state index is 12.1. The Balaban J connectivity index is 1.62. The van der Waals surface area contributed by atoms with Gasteiger partial charge in [-0.1, -0.05) is 12.1 Å². The number of aromatic nitrogens is 1. The molecular formula is C18H19N3O2. The smallest absolute Gasteiger partial charge is 0.227 e. The van der Waals surface area contributed by atoms with E-state index in [1.54, 1.807) is 24.3 Å². The van der Waals surface area contributed by atoms with Crippen LogP contribution < -0.4 is 10.2 Å². The Labute approximate surface area is 135 Å². The number of hydrogen-bond donors (Lipinski definition) is 1. The lowest BCUT2D eigenvalue weighted by Gasteiger charge is -2.26. The summed E-state index contributed by atoms with van der Waals surface area (Å²) in [6.45, 7) is 0.504. The number of fused-ring (bicyclic) bond motifs is 1. The van der Waals surface area contributed by atoms with Gasteiger partial charge in [-0.15, -0.1) is 0 Å². The molecule has 1 aliphatic rings. The second-order valence-corrected chi connectivity index (χ2v) is 5.72. The van der Waals surface area contributed by atoms with Crippen molar-refractivity contribution in [1.82, 2.24) is 10.3 Å². The van der Waals surface area contributed by atoms with Gasteiger partial charge in [0.2, 0.25) is 11.8 Å². The van der Waals surface area contributed by atoms with Crippen molar-refractivity contribution in [2.45, 2.75) is 25.8 Å². The zero-order valence-electron chi connectivity index (χ0n) is 13.1. The van der Waals surface area contributed by atoms with Crippen molar-refractivity contribution in [2.75, 3.05) is 11.9 Å². The molecule has 5 heteroatoms. The molecule has 3 rings (SSSR count). The molecule has 0 saturated heterocycles. The van der Waals surface area contributed by atoms with Crippen molar-refractivity contribution in [3.8, 4) is 0 Å². The van der Waals surface area contributed by atoms with Crippen molar-refractivity contribution in [1.29, 1.82) is 0 Å². The van der Waals surface area contributed by atoms with Crippen LogP contribution in [-0.2, 0) is 29.0 Å². The summed E-state index contributed by atoms with van der Waals surface area (Å²) in [5.74, 6) is 0.127. The van der Waals surface area contributed by atoms with E-state index in [4.69, 9.17) is 0 Å². The molecule has 1 aliphatic heterocycles. The van der Waals surface area contributed by atoms with Crippen LogP contribution in [0.4, 0.5) is 5.69 Å². The summed E-state index contributed by atoms with van der Waals surface area (Å²) in [7, 11) is 1.79. The molecule has 0 atom stereocenters. The normalized spacial score (nSPS) is 13.6. The van der Waals surface area contributed by atoms with Crippen LogP contribution in [0, 0.1) is 0 Å². The molecule has 1 aromatic carbocycles. The first-order valence-corrected chi connectivity index (χ1v) is 7.67. The lowest BCUT2D eigenvalue weighted by Crippen LogP contribution is -2.31. The second kappa shape index (κ2) is 6.60. The predicted molar refractivity (Wildman–Crippen MR) is 88.0 cm³/mol. The molecule has 0 spiro atoms. The molecule has 1 aromatic heterocycles. The van der Waals surface area contributed by atoms with E-state index < -0.39 is 0 Å². The van der Waals surface area contributed by atoms with E-state index in [0.717, 1.165) is 28.8 Å². The average Bonchev–Trinajstić information content (AvgIpc) is 2.57. The number of amides is 2. The van der Waals surface area contributed by atoms with Gasteiger partial charge in [0.25, 0.3) is 0 Å². The zero-order chi connectivity index (χ0) is 16.2. The van der Waals surface area contributed by atoms with Crippen LogP contribution in [0.3, 0.4) is 0 Å². The lowest BCUT2D eigenvalue weighted by atomic mass is 9.98. The van der Waals surface area contributed by atoms with Gasteiger partial charge in [0.05, 0.1) is 6.42 Å². The van der Waals surface area contributed by atoms with Crippen LogP contribution in [0.2, 0.25) is 0 Å². The maximum Gasteiger partial charge on any atom is 0.227 e. The highest BCUT2D eigenvalue weighted by Crippen LogP contribution is 2.27. The Kier molecular flexibility index (Phi) is 4.37. The number of hydrogen-bond acceptors (Lipinski definition) is 3. The monoisotopic (exact) mass is 309 g/mol. The molecule has 5 nitrogen and oxygen atoms in total. The van der Waals surface area contributed by atoms with Gasteiger partial charge in [-0.2, -0.15) is 0 Å². The van der Waals surface area contributed by atoms with Crippen molar-refractivity contribution in [2.24, 2.45) is 0 Å². The van der Waals surface area contributed by atoms with Gasteiger partial charge in [-0.3, -0.25) is 14.6 Å². The van der Waals surface area contributed by atoms with E-state index in [1.807, 2.05) is 30.3 Å². The van der Waals surface area contributed by atoms with E-state index in [9.17, 15) is 9.59 Å². The molecule has 0 aliphatic carbocycles. The summed E-state index contributed by atoms with van der Waals surface area (Å²) in [4.78, 5) is 29.4. The van der Waals surface area contributed by atoms with Crippen molar-refractivity contribution in [3.63, 3.8) is 0 Å². The molecular weight excluding hydrogens is 290 g/mol. The highest BCUT2D eigenvalue weighted by Gasteiger charge is 2.20. The molecule has 118 valence electrons. The number of rotatable bonds is 4. The molecule has 2 amide bonds. The molecule has 0 saturated carbocycles. The van der Waals surface area contributed by atoms with Crippen LogP contribution >= 0.6 is 0 Å². The van der Waals surface area contributed by atoms with E-state index in [1.165, 1.54) is 0 Å². The van der Waals surface area contributed by atoms with Crippen LogP contribution in [0.5, 0.6) is 0 Å². The van der Waals surface area contributed by atoms with E-state index >= 15 is 0 Å². The van der Waals surface area contributed by atoms with Crippen molar-refractivity contribution >= 4 is 17.5 Å². The summed E-state index contributed by atoms with van der Waals surface area (Å²) < 4.78 is 0. The standard InChI is InChI=1S/C18H19N3O2/c1-21-16-4-2-14(10-15(16)3-5-18(21)23)11-17(22)20-12-13-6-8-19-9-7-13/h2,4,6-10H,3,5,11-12H2,1H3,(H,20,22). The third-order valence-electron chi connectivity index (χ3n) is 4.09. The van der Waals surface area contributed by atoms with Crippen LogP contribution in [0.25, 0.3) is 0 Å². The molecule has 0 radical (unpaired) electrons. The Bertz CT molecular complexity index is 728. The fourth-order valence-corrected chi connectivity index (χ4v) is 2.77. The van der Waals surface area contributed by atoms with Crippen LogP contribution in [0.1, 0.15) is 23.1 Å². The summed E-state index contributed by atoms with van der Waals surface area (Å²) in [6, 6.07) is 9.64. The van der Waals surface area contributed by atoms with Gasteiger partial charge in [-0.25, -0.2) is 0 Å². The molecule has 2 aromatic rings. The SMILES string of the molecule is CN1C(=O)CCc2cc(CC(=O)NCc3ccncc3)ccc21. The molecule has 23 heavy (non-hydrogen) atoms. The fourth-order valence-electron chi connectivity index (χ4n) is 2.77. The number of nitrogens with one attached hydrogen (secondary N) is 1. The van der Waals surface area contributed by atoms with Gasteiger partial charge in [0.15, 0.2) is 0 Å². The Morgan fingerprint density at radius 2 is 1.96 bits per heavy atom.